The van der Waals surface area contributed by atoms with Gasteiger partial charge < -0.3 is 14.6 Å². The van der Waals surface area contributed by atoms with Gasteiger partial charge in [0.15, 0.2) is 6.29 Å². The van der Waals surface area contributed by atoms with E-state index in [2.05, 4.69) is 12.2 Å². The van der Waals surface area contributed by atoms with E-state index in [-0.39, 0.29) is 6.29 Å². The van der Waals surface area contributed by atoms with E-state index in [9.17, 15) is 0 Å². The van der Waals surface area contributed by atoms with Crippen molar-refractivity contribution < 1.29 is 14.6 Å². The Balaban J connectivity index is 1.82. The minimum Gasteiger partial charge on any atom is -0.396 e. The Morgan fingerprint density at radius 3 is 2.35 bits per heavy atom. The molecule has 0 bridgehead atoms. The number of hydrogen-bond donors (Lipinski definition) is 1. The molecule has 1 saturated heterocycles. The first kappa shape index (κ1) is 14.7. The zero-order chi connectivity index (χ0) is 12.2. The molecular weight excluding hydrogens is 216 g/mol. The fourth-order valence-electron chi connectivity index (χ4n) is 1.90. The number of unbranched alkanes of at least 4 members (excludes halogenated alkanes) is 4. The standard InChI is InChI=1S/C14H26O3/c15-11-8-6-4-2-1-3-5-7-10-14-16-12-9-13-17-14/h2,4,14-15H,1,3,5-13H2/b4-2-. The van der Waals surface area contributed by atoms with Gasteiger partial charge in [-0.1, -0.05) is 18.6 Å². The van der Waals surface area contributed by atoms with E-state index in [0.29, 0.717) is 6.61 Å². The third-order valence-electron chi connectivity index (χ3n) is 2.90. The summed E-state index contributed by atoms with van der Waals surface area (Å²) in [5.74, 6) is 0. The van der Waals surface area contributed by atoms with Crippen LogP contribution in [0.4, 0.5) is 0 Å². The van der Waals surface area contributed by atoms with Crippen molar-refractivity contribution in [3.05, 3.63) is 12.2 Å². The maximum atomic E-state index is 8.61. The van der Waals surface area contributed by atoms with Gasteiger partial charge in [0.25, 0.3) is 0 Å². The van der Waals surface area contributed by atoms with Crippen LogP contribution in [0, 0.1) is 0 Å². The van der Waals surface area contributed by atoms with Crippen LogP contribution < -0.4 is 0 Å². The average molecular weight is 242 g/mol. The Hall–Kier alpha value is -0.380. The number of aliphatic hydroxyl groups is 1. The van der Waals surface area contributed by atoms with Gasteiger partial charge in [0.2, 0.25) is 0 Å². The van der Waals surface area contributed by atoms with Gasteiger partial charge in [-0.3, -0.25) is 0 Å². The molecule has 0 atom stereocenters. The van der Waals surface area contributed by atoms with Crippen molar-refractivity contribution in [1.82, 2.24) is 0 Å². The molecule has 1 aliphatic rings. The van der Waals surface area contributed by atoms with E-state index in [0.717, 1.165) is 45.3 Å². The summed E-state index contributed by atoms with van der Waals surface area (Å²) >= 11 is 0. The summed E-state index contributed by atoms with van der Waals surface area (Å²) in [4.78, 5) is 0. The molecule has 0 aromatic rings. The molecule has 1 aliphatic heterocycles. The zero-order valence-corrected chi connectivity index (χ0v) is 10.8. The molecule has 0 radical (unpaired) electrons. The Labute approximate surface area is 105 Å². The van der Waals surface area contributed by atoms with Crippen LogP contribution in [0.5, 0.6) is 0 Å². The van der Waals surface area contributed by atoms with Gasteiger partial charge in [-0.05, 0) is 44.9 Å². The van der Waals surface area contributed by atoms with E-state index in [1.807, 2.05) is 0 Å². The Bertz CT molecular complexity index is 186. The molecule has 0 aliphatic carbocycles. The van der Waals surface area contributed by atoms with Gasteiger partial charge in [-0.2, -0.15) is 0 Å². The Kier molecular flexibility index (Phi) is 9.29. The van der Waals surface area contributed by atoms with Crippen molar-refractivity contribution >= 4 is 0 Å². The number of rotatable bonds is 9. The van der Waals surface area contributed by atoms with Crippen LogP contribution in [-0.4, -0.2) is 31.2 Å². The monoisotopic (exact) mass is 242 g/mol. The maximum absolute atomic E-state index is 8.61. The van der Waals surface area contributed by atoms with E-state index in [1.54, 1.807) is 0 Å². The molecular formula is C14H26O3. The summed E-state index contributed by atoms with van der Waals surface area (Å²) in [5, 5.41) is 8.61. The lowest BCUT2D eigenvalue weighted by Crippen LogP contribution is -2.24. The lowest BCUT2D eigenvalue weighted by molar-refractivity contribution is -0.181. The molecule has 0 amide bonds. The summed E-state index contributed by atoms with van der Waals surface area (Å²) < 4.78 is 11.0. The highest BCUT2D eigenvalue weighted by molar-refractivity contribution is 4.81. The molecule has 0 spiro atoms. The number of allylic oxidation sites excluding steroid dienone is 2. The third-order valence-corrected chi connectivity index (χ3v) is 2.90. The highest BCUT2D eigenvalue weighted by atomic mass is 16.7. The molecule has 17 heavy (non-hydrogen) atoms. The first-order chi connectivity index (χ1) is 8.43. The first-order valence-electron chi connectivity index (χ1n) is 6.92. The van der Waals surface area contributed by atoms with Crippen LogP contribution in [-0.2, 0) is 9.47 Å². The SMILES string of the molecule is OCCC/C=C\CCCCCC1OCCCO1. The van der Waals surface area contributed by atoms with Gasteiger partial charge >= 0.3 is 0 Å². The number of aliphatic hydroxyl groups excluding tert-OH is 1. The van der Waals surface area contributed by atoms with E-state index in [1.165, 1.54) is 19.3 Å². The third kappa shape index (κ3) is 8.36. The van der Waals surface area contributed by atoms with Gasteiger partial charge in [0, 0.05) is 6.61 Å². The van der Waals surface area contributed by atoms with Crippen molar-refractivity contribution in [1.29, 1.82) is 0 Å². The molecule has 0 saturated carbocycles. The van der Waals surface area contributed by atoms with Gasteiger partial charge in [0.1, 0.15) is 0 Å². The van der Waals surface area contributed by atoms with Crippen molar-refractivity contribution in [3.63, 3.8) is 0 Å². The molecule has 0 unspecified atom stereocenters. The predicted molar refractivity (Wildman–Crippen MR) is 68.9 cm³/mol. The van der Waals surface area contributed by atoms with Gasteiger partial charge in [-0.25, -0.2) is 0 Å². The molecule has 1 N–H and O–H groups in total. The van der Waals surface area contributed by atoms with Crippen LogP contribution in [0.2, 0.25) is 0 Å². The van der Waals surface area contributed by atoms with Crippen molar-refractivity contribution in [2.75, 3.05) is 19.8 Å². The second kappa shape index (κ2) is 10.8. The van der Waals surface area contributed by atoms with Crippen LogP contribution in [0.1, 0.15) is 51.4 Å². The molecule has 1 heterocycles. The molecule has 1 fully saturated rings. The van der Waals surface area contributed by atoms with E-state index >= 15 is 0 Å². The minimum absolute atomic E-state index is 0.0591. The molecule has 100 valence electrons. The van der Waals surface area contributed by atoms with E-state index < -0.39 is 0 Å². The lowest BCUT2D eigenvalue weighted by Gasteiger charge is -2.22. The summed E-state index contributed by atoms with van der Waals surface area (Å²) in [6, 6.07) is 0. The minimum atomic E-state index is 0.0591. The zero-order valence-electron chi connectivity index (χ0n) is 10.8. The second-order valence-corrected chi connectivity index (χ2v) is 4.50. The van der Waals surface area contributed by atoms with E-state index in [4.69, 9.17) is 14.6 Å². The van der Waals surface area contributed by atoms with Crippen LogP contribution in [0.3, 0.4) is 0 Å². The number of ether oxygens (including phenoxy) is 2. The largest absolute Gasteiger partial charge is 0.396 e. The Morgan fingerprint density at radius 1 is 0.941 bits per heavy atom. The van der Waals surface area contributed by atoms with Crippen molar-refractivity contribution in [2.45, 2.75) is 57.7 Å². The topological polar surface area (TPSA) is 38.7 Å². The highest BCUT2D eigenvalue weighted by Gasteiger charge is 2.12. The molecule has 1 rings (SSSR count). The second-order valence-electron chi connectivity index (χ2n) is 4.50. The quantitative estimate of drug-likeness (QED) is 0.499. The van der Waals surface area contributed by atoms with Crippen LogP contribution in [0.15, 0.2) is 12.2 Å². The predicted octanol–water partition coefficient (Wildman–Crippen LogP) is 3.03. The van der Waals surface area contributed by atoms with Gasteiger partial charge in [-0.15, -0.1) is 0 Å². The van der Waals surface area contributed by atoms with Crippen LogP contribution >= 0.6 is 0 Å². The summed E-state index contributed by atoms with van der Waals surface area (Å²) in [6.07, 6.45) is 13.2. The average Bonchev–Trinajstić information content (AvgIpc) is 2.38. The summed E-state index contributed by atoms with van der Waals surface area (Å²) in [5.41, 5.74) is 0. The smallest absolute Gasteiger partial charge is 0.157 e. The molecule has 3 nitrogen and oxygen atoms in total. The number of hydrogen-bond acceptors (Lipinski definition) is 3. The maximum Gasteiger partial charge on any atom is 0.157 e. The summed E-state index contributed by atoms with van der Waals surface area (Å²) in [6.45, 7) is 2.02. The normalized spacial score (nSPS) is 17.9. The molecule has 3 heteroatoms. The Morgan fingerprint density at radius 2 is 1.65 bits per heavy atom. The van der Waals surface area contributed by atoms with Gasteiger partial charge in [0.05, 0.1) is 13.2 Å². The highest BCUT2D eigenvalue weighted by Crippen LogP contribution is 2.13. The van der Waals surface area contributed by atoms with Crippen LogP contribution in [0.25, 0.3) is 0 Å². The first-order valence-corrected chi connectivity index (χ1v) is 6.92. The van der Waals surface area contributed by atoms with Crippen molar-refractivity contribution in [2.24, 2.45) is 0 Å². The summed E-state index contributed by atoms with van der Waals surface area (Å²) in [7, 11) is 0. The molecule has 0 aromatic carbocycles. The molecule has 0 aromatic heterocycles. The fourth-order valence-corrected chi connectivity index (χ4v) is 1.90. The lowest BCUT2D eigenvalue weighted by atomic mass is 10.1. The van der Waals surface area contributed by atoms with Crippen molar-refractivity contribution in [3.8, 4) is 0 Å². The fraction of sp³-hybridized carbons (Fsp3) is 0.857.